The zero-order valence-electron chi connectivity index (χ0n) is 15.6. The van der Waals surface area contributed by atoms with E-state index in [4.69, 9.17) is 0 Å². The normalized spacial score (nSPS) is 15.1. The average molecular weight is 374 g/mol. The summed E-state index contributed by atoms with van der Waals surface area (Å²) in [6.45, 7) is 0.935. The number of rotatable bonds is 0. The van der Waals surface area contributed by atoms with Crippen LogP contribution in [0.15, 0.2) is 42.9 Å². The van der Waals surface area contributed by atoms with Gasteiger partial charge in [-0.1, -0.05) is 36.6 Å². The van der Waals surface area contributed by atoms with Crippen molar-refractivity contribution in [1.29, 1.82) is 0 Å². The van der Waals surface area contributed by atoms with Gasteiger partial charge in [-0.2, -0.15) is 9.78 Å². The molecule has 0 amide bonds. The van der Waals surface area contributed by atoms with Crippen molar-refractivity contribution >= 4 is 22.8 Å². The van der Waals surface area contributed by atoms with Crippen LogP contribution in [0.4, 0.5) is 11.5 Å². The van der Waals surface area contributed by atoms with Gasteiger partial charge in [-0.25, -0.2) is 9.97 Å². The SMILES string of the molecule is c1cc2ccc1CCCCCCCn1cc(cn1)Nc1cnc3nnn-2c3n1. The van der Waals surface area contributed by atoms with Crippen LogP contribution < -0.4 is 5.32 Å². The van der Waals surface area contributed by atoms with E-state index in [1.807, 2.05) is 17.1 Å². The van der Waals surface area contributed by atoms with Gasteiger partial charge in [-0.15, -0.1) is 5.10 Å². The second-order valence-corrected chi connectivity index (χ2v) is 7.20. The molecule has 28 heavy (non-hydrogen) atoms. The second-order valence-electron chi connectivity index (χ2n) is 7.20. The molecule has 0 aliphatic carbocycles. The van der Waals surface area contributed by atoms with Gasteiger partial charge >= 0.3 is 0 Å². The number of nitrogens with one attached hydrogen (secondary N) is 1. The van der Waals surface area contributed by atoms with Crippen LogP contribution in [0.5, 0.6) is 0 Å². The van der Waals surface area contributed by atoms with Crippen molar-refractivity contribution in [2.75, 3.05) is 5.32 Å². The molecule has 0 fully saturated rings. The van der Waals surface area contributed by atoms with Crippen LogP contribution in [-0.4, -0.2) is 34.7 Å². The molecule has 1 N–H and O–H groups in total. The molecule has 0 atom stereocenters. The molecule has 6 rings (SSSR count). The Hall–Kier alpha value is -3.29. The van der Waals surface area contributed by atoms with E-state index in [9.17, 15) is 0 Å². The number of aryl methyl sites for hydroxylation is 2. The van der Waals surface area contributed by atoms with Gasteiger partial charge in [0, 0.05) is 12.7 Å². The van der Waals surface area contributed by atoms with Crippen LogP contribution in [0.3, 0.4) is 0 Å². The van der Waals surface area contributed by atoms with E-state index >= 15 is 0 Å². The van der Waals surface area contributed by atoms with Gasteiger partial charge < -0.3 is 5.32 Å². The average Bonchev–Trinajstić information content (AvgIpc) is 3.34. The van der Waals surface area contributed by atoms with Crippen LogP contribution >= 0.6 is 0 Å². The van der Waals surface area contributed by atoms with Crippen molar-refractivity contribution in [2.45, 2.75) is 45.1 Å². The molecule has 1 aromatic carbocycles. The summed E-state index contributed by atoms with van der Waals surface area (Å²) in [5.41, 5.74) is 4.33. The molecule has 0 spiro atoms. The molecule has 0 unspecified atom stereocenters. The molecule has 0 saturated heterocycles. The molecular formula is C20H22N8. The van der Waals surface area contributed by atoms with Crippen molar-refractivity contribution in [1.82, 2.24) is 34.7 Å². The van der Waals surface area contributed by atoms with Gasteiger partial charge in [0.05, 0.1) is 23.8 Å². The van der Waals surface area contributed by atoms with Crippen LogP contribution in [0, 0.1) is 0 Å². The minimum absolute atomic E-state index is 0.524. The van der Waals surface area contributed by atoms with Crippen LogP contribution in [0.1, 0.15) is 37.7 Å². The van der Waals surface area contributed by atoms with Crippen molar-refractivity contribution < 1.29 is 0 Å². The lowest BCUT2D eigenvalue weighted by atomic mass is 10.1. The predicted molar refractivity (Wildman–Crippen MR) is 107 cm³/mol. The summed E-state index contributed by atoms with van der Waals surface area (Å²) in [5.74, 6) is 0.644. The Labute approximate surface area is 162 Å². The van der Waals surface area contributed by atoms with E-state index in [2.05, 4.69) is 55.0 Å². The maximum Gasteiger partial charge on any atom is 0.221 e. The smallest absolute Gasteiger partial charge is 0.221 e. The van der Waals surface area contributed by atoms with Gasteiger partial charge in [-0.05, 0) is 37.0 Å². The zero-order chi connectivity index (χ0) is 18.8. The molecule has 5 heterocycles. The first-order valence-electron chi connectivity index (χ1n) is 9.82. The van der Waals surface area contributed by atoms with E-state index in [1.54, 1.807) is 10.9 Å². The topological polar surface area (TPSA) is 86.3 Å². The van der Waals surface area contributed by atoms with Gasteiger partial charge in [0.1, 0.15) is 0 Å². The van der Waals surface area contributed by atoms with Crippen molar-refractivity contribution in [3.63, 3.8) is 0 Å². The molecule has 3 aromatic heterocycles. The van der Waals surface area contributed by atoms with Crippen molar-refractivity contribution in [3.05, 3.63) is 48.4 Å². The number of fused-ring (bicyclic) bond motifs is 8. The van der Waals surface area contributed by atoms with Crippen LogP contribution in [-0.2, 0) is 13.0 Å². The van der Waals surface area contributed by atoms with Gasteiger partial charge in [0.2, 0.25) is 11.3 Å². The molecule has 0 radical (unpaired) electrons. The standard InChI is InChI=1S/C20H22N8/c1-2-4-6-15-7-9-17(10-8-15)28-20-19(25-26-28)21-13-18(24-20)23-16-12-22-27(14-16)11-5-3-1/h7-10,12-14H,1-6,11H2,(H,23,24). The molecule has 2 aliphatic heterocycles. The third kappa shape index (κ3) is 3.45. The molecule has 8 heteroatoms. The fraction of sp³-hybridized carbons (Fsp3) is 0.350. The number of anilines is 2. The largest absolute Gasteiger partial charge is 0.336 e. The number of benzene rings is 1. The lowest BCUT2D eigenvalue weighted by Gasteiger charge is -2.06. The molecule has 2 aliphatic rings. The number of hydrogen-bond acceptors (Lipinski definition) is 6. The highest BCUT2D eigenvalue weighted by Crippen LogP contribution is 2.19. The van der Waals surface area contributed by atoms with Crippen LogP contribution in [0.25, 0.3) is 17.0 Å². The molecular weight excluding hydrogens is 352 g/mol. The Balaban J connectivity index is 1.52. The first-order valence-corrected chi connectivity index (χ1v) is 9.82. The fourth-order valence-electron chi connectivity index (χ4n) is 3.58. The molecule has 0 saturated carbocycles. The van der Waals surface area contributed by atoms with Gasteiger partial charge in [-0.3, -0.25) is 4.68 Å². The minimum atomic E-state index is 0.524. The highest BCUT2D eigenvalue weighted by Gasteiger charge is 2.11. The Morgan fingerprint density at radius 3 is 2.71 bits per heavy atom. The Kier molecular flexibility index (Phi) is 4.44. The Morgan fingerprint density at radius 2 is 1.79 bits per heavy atom. The summed E-state index contributed by atoms with van der Waals surface area (Å²) in [7, 11) is 0. The summed E-state index contributed by atoms with van der Waals surface area (Å²) in [6, 6.07) is 8.48. The van der Waals surface area contributed by atoms with Crippen LogP contribution in [0.2, 0.25) is 0 Å². The minimum Gasteiger partial charge on any atom is -0.336 e. The van der Waals surface area contributed by atoms with Gasteiger partial charge in [0.25, 0.3) is 0 Å². The Morgan fingerprint density at radius 1 is 0.929 bits per heavy atom. The summed E-state index contributed by atoms with van der Waals surface area (Å²) in [6.07, 6.45) is 12.7. The van der Waals surface area contributed by atoms with E-state index in [1.165, 1.54) is 31.2 Å². The second kappa shape index (κ2) is 7.38. The third-order valence-electron chi connectivity index (χ3n) is 5.10. The highest BCUT2D eigenvalue weighted by atomic mass is 15.5. The molecule has 6 bridgehead atoms. The van der Waals surface area contributed by atoms with E-state index in [0.29, 0.717) is 17.1 Å². The monoisotopic (exact) mass is 374 g/mol. The number of nitrogens with zero attached hydrogens (tertiary/aromatic N) is 7. The lowest BCUT2D eigenvalue weighted by Crippen LogP contribution is -2.01. The van der Waals surface area contributed by atoms with Crippen molar-refractivity contribution in [2.24, 2.45) is 0 Å². The quantitative estimate of drug-likeness (QED) is 0.505. The van der Waals surface area contributed by atoms with E-state index < -0.39 is 0 Å². The molecule has 142 valence electrons. The number of hydrogen-bond donors (Lipinski definition) is 1. The highest BCUT2D eigenvalue weighted by molar-refractivity contribution is 5.70. The number of aromatic nitrogens is 7. The predicted octanol–water partition coefficient (Wildman–Crippen LogP) is 3.66. The first kappa shape index (κ1) is 16.9. The van der Waals surface area contributed by atoms with Gasteiger partial charge in [0.15, 0.2) is 5.82 Å². The summed E-state index contributed by atoms with van der Waals surface area (Å²) >= 11 is 0. The van der Waals surface area contributed by atoms with Crippen molar-refractivity contribution in [3.8, 4) is 5.69 Å². The maximum absolute atomic E-state index is 4.67. The van der Waals surface area contributed by atoms with E-state index in [-0.39, 0.29) is 0 Å². The first-order chi connectivity index (χ1) is 13.8. The Bertz CT molecular complexity index is 1080. The molecule has 4 aromatic rings. The maximum atomic E-state index is 4.67. The summed E-state index contributed by atoms with van der Waals surface area (Å²) in [5, 5.41) is 16.1. The zero-order valence-corrected chi connectivity index (χ0v) is 15.6. The third-order valence-corrected chi connectivity index (χ3v) is 5.10. The molecule has 8 nitrogen and oxygen atoms in total. The summed E-state index contributed by atoms with van der Waals surface area (Å²) < 4.78 is 3.71. The lowest BCUT2D eigenvalue weighted by molar-refractivity contribution is 0.529. The summed E-state index contributed by atoms with van der Waals surface area (Å²) in [4.78, 5) is 9.06. The van der Waals surface area contributed by atoms with E-state index in [0.717, 1.165) is 30.8 Å². The fourth-order valence-corrected chi connectivity index (χ4v) is 3.58.